The molecule has 0 saturated heterocycles. The van der Waals surface area contributed by atoms with Gasteiger partial charge in [-0.3, -0.25) is 14.4 Å². The van der Waals surface area contributed by atoms with Crippen LogP contribution in [0.2, 0.25) is 0 Å². The van der Waals surface area contributed by atoms with Gasteiger partial charge in [-0.25, -0.2) is 4.98 Å². The Balaban J connectivity index is 1.44. The van der Waals surface area contributed by atoms with Crippen molar-refractivity contribution in [1.29, 1.82) is 0 Å². The van der Waals surface area contributed by atoms with E-state index in [1.807, 2.05) is 60.7 Å². The molecule has 0 aliphatic rings. The van der Waals surface area contributed by atoms with Crippen LogP contribution in [0.15, 0.2) is 128 Å². The fourth-order valence-corrected chi connectivity index (χ4v) is 8.38. The van der Waals surface area contributed by atoms with E-state index < -0.39 is 7.14 Å². The van der Waals surface area contributed by atoms with E-state index >= 15 is 4.57 Å². The van der Waals surface area contributed by atoms with E-state index in [1.54, 1.807) is 18.6 Å². The largest absolute Gasteiger partial charge is 0.309 e. The standard InChI is InChI=1S/C33H21N4OP/c38-39(23-15-18-34-19-16-23,24-12-11-22-6-5-17-35-29(22)20-24)25-13-14-32-30(21-25)36-33-28-9-2-1-7-26(28)27-8-3-4-10-31(27)37(32)33/h1-21H. The van der Waals surface area contributed by atoms with E-state index in [9.17, 15) is 0 Å². The Morgan fingerprint density at radius 1 is 0.564 bits per heavy atom. The van der Waals surface area contributed by atoms with E-state index in [1.165, 1.54) is 10.8 Å². The molecule has 8 aromatic rings. The molecule has 5 nitrogen and oxygen atoms in total. The zero-order valence-corrected chi connectivity index (χ0v) is 21.7. The molecule has 4 aromatic heterocycles. The highest BCUT2D eigenvalue weighted by Gasteiger charge is 2.31. The second-order valence-corrected chi connectivity index (χ2v) is 12.5. The molecule has 0 fully saturated rings. The summed E-state index contributed by atoms with van der Waals surface area (Å²) < 4.78 is 17.5. The summed E-state index contributed by atoms with van der Waals surface area (Å²) in [6.45, 7) is 0. The van der Waals surface area contributed by atoms with Crippen LogP contribution in [0.3, 0.4) is 0 Å². The molecule has 0 amide bonds. The van der Waals surface area contributed by atoms with E-state index in [-0.39, 0.29) is 0 Å². The molecule has 1 unspecified atom stereocenters. The Morgan fingerprint density at radius 3 is 2.13 bits per heavy atom. The fourth-order valence-electron chi connectivity index (χ4n) is 5.75. The number of nitrogens with zero attached hydrogens (tertiary/aromatic N) is 4. The minimum absolute atomic E-state index is 0.729. The minimum atomic E-state index is -3.25. The summed E-state index contributed by atoms with van der Waals surface area (Å²) in [6.07, 6.45) is 5.16. The second kappa shape index (κ2) is 8.32. The number of hydrogen-bond donors (Lipinski definition) is 0. The van der Waals surface area contributed by atoms with Gasteiger partial charge in [-0.15, -0.1) is 0 Å². The van der Waals surface area contributed by atoms with Crippen molar-refractivity contribution in [3.05, 3.63) is 128 Å². The summed E-state index contributed by atoms with van der Waals surface area (Å²) in [7, 11) is -3.25. The van der Waals surface area contributed by atoms with Gasteiger partial charge in [0.1, 0.15) is 5.65 Å². The van der Waals surface area contributed by atoms with Crippen molar-refractivity contribution in [3.8, 4) is 0 Å². The van der Waals surface area contributed by atoms with Gasteiger partial charge in [0.05, 0.1) is 22.1 Å². The highest BCUT2D eigenvalue weighted by Crippen LogP contribution is 2.43. The first-order chi connectivity index (χ1) is 19.2. The van der Waals surface area contributed by atoms with Crippen molar-refractivity contribution >= 4 is 72.3 Å². The number of pyridine rings is 3. The van der Waals surface area contributed by atoms with Crippen LogP contribution in [0.25, 0.3) is 49.3 Å². The third kappa shape index (κ3) is 3.20. The zero-order chi connectivity index (χ0) is 26.0. The highest BCUT2D eigenvalue weighted by molar-refractivity contribution is 7.85. The first-order valence-corrected chi connectivity index (χ1v) is 14.5. The average Bonchev–Trinajstić information content (AvgIpc) is 3.40. The molecular formula is C33H21N4OP. The van der Waals surface area contributed by atoms with E-state index in [4.69, 9.17) is 4.98 Å². The number of benzene rings is 4. The topological polar surface area (TPSA) is 60.2 Å². The van der Waals surface area contributed by atoms with E-state index in [0.29, 0.717) is 0 Å². The minimum Gasteiger partial charge on any atom is -0.309 e. The fraction of sp³-hybridized carbons (Fsp3) is 0. The van der Waals surface area contributed by atoms with Gasteiger partial charge in [-0.2, -0.15) is 0 Å². The van der Waals surface area contributed by atoms with Crippen LogP contribution in [0, 0.1) is 0 Å². The summed E-state index contributed by atoms with van der Waals surface area (Å²) in [6, 6.07) is 36.4. The lowest BCUT2D eigenvalue weighted by atomic mass is 10.1. The van der Waals surface area contributed by atoms with Crippen molar-refractivity contribution in [2.24, 2.45) is 0 Å². The Labute approximate surface area is 223 Å². The molecule has 0 radical (unpaired) electrons. The van der Waals surface area contributed by atoms with Crippen LogP contribution in [0.4, 0.5) is 0 Å². The van der Waals surface area contributed by atoms with Gasteiger partial charge < -0.3 is 4.57 Å². The Bertz CT molecular complexity index is 2270. The van der Waals surface area contributed by atoms with Gasteiger partial charge in [-0.1, -0.05) is 60.7 Å². The molecule has 4 aromatic carbocycles. The van der Waals surface area contributed by atoms with Crippen molar-refractivity contribution in [1.82, 2.24) is 19.4 Å². The Kier molecular flexibility index (Phi) is 4.73. The second-order valence-electron chi connectivity index (χ2n) is 9.70. The summed E-state index contributed by atoms with van der Waals surface area (Å²) in [4.78, 5) is 13.8. The first kappa shape index (κ1) is 22.2. The number of rotatable bonds is 3. The zero-order valence-electron chi connectivity index (χ0n) is 20.8. The maximum absolute atomic E-state index is 15.3. The summed E-state index contributed by atoms with van der Waals surface area (Å²) >= 11 is 0. The molecule has 39 heavy (non-hydrogen) atoms. The van der Waals surface area contributed by atoms with Crippen molar-refractivity contribution < 1.29 is 4.57 Å². The first-order valence-electron chi connectivity index (χ1n) is 12.8. The number of imidazole rings is 1. The maximum Gasteiger partial charge on any atom is 0.171 e. The molecule has 0 spiro atoms. The molecule has 184 valence electrons. The van der Waals surface area contributed by atoms with Gasteiger partial charge in [0.25, 0.3) is 0 Å². The van der Waals surface area contributed by atoms with E-state index in [2.05, 4.69) is 62.9 Å². The average molecular weight is 521 g/mol. The van der Waals surface area contributed by atoms with Gasteiger partial charge in [0, 0.05) is 50.7 Å². The predicted octanol–water partition coefficient (Wildman–Crippen LogP) is 6.38. The monoisotopic (exact) mass is 520 g/mol. The Hall–Kier alpha value is -4.86. The molecule has 0 aliphatic carbocycles. The van der Waals surface area contributed by atoms with Crippen molar-refractivity contribution in [3.63, 3.8) is 0 Å². The molecule has 6 heteroatoms. The van der Waals surface area contributed by atoms with Crippen LogP contribution in [-0.2, 0) is 4.57 Å². The molecule has 0 bridgehead atoms. The molecule has 8 rings (SSSR count). The smallest absolute Gasteiger partial charge is 0.171 e. The molecular weight excluding hydrogens is 499 g/mol. The molecule has 0 saturated carbocycles. The normalized spacial score (nSPS) is 13.4. The maximum atomic E-state index is 15.3. The highest BCUT2D eigenvalue weighted by atomic mass is 31.2. The van der Waals surface area contributed by atoms with Crippen molar-refractivity contribution in [2.45, 2.75) is 0 Å². The van der Waals surface area contributed by atoms with Gasteiger partial charge in [-0.05, 0) is 53.9 Å². The lowest BCUT2D eigenvalue weighted by molar-refractivity contribution is 0.592. The molecule has 0 N–H and O–H groups in total. The Morgan fingerprint density at radius 2 is 1.28 bits per heavy atom. The third-order valence-corrected chi connectivity index (χ3v) is 10.6. The molecule has 0 aliphatic heterocycles. The SMILES string of the molecule is O=P(c1ccncc1)(c1ccc2cccnc2c1)c1ccc2c(c1)nc1c3ccccc3c3ccccc3n21. The lowest BCUT2D eigenvalue weighted by Gasteiger charge is -2.20. The van der Waals surface area contributed by atoms with Crippen molar-refractivity contribution in [2.75, 3.05) is 0 Å². The quantitative estimate of drug-likeness (QED) is 0.201. The van der Waals surface area contributed by atoms with Gasteiger partial charge in [0.2, 0.25) is 0 Å². The van der Waals surface area contributed by atoms with Gasteiger partial charge >= 0.3 is 0 Å². The lowest BCUT2D eigenvalue weighted by Crippen LogP contribution is -2.25. The van der Waals surface area contributed by atoms with Crippen LogP contribution in [-0.4, -0.2) is 19.4 Å². The molecule has 4 heterocycles. The van der Waals surface area contributed by atoms with E-state index in [0.717, 1.165) is 54.4 Å². The van der Waals surface area contributed by atoms with Crippen LogP contribution in [0.1, 0.15) is 0 Å². The molecule has 1 atom stereocenters. The third-order valence-electron chi connectivity index (χ3n) is 7.58. The number of fused-ring (bicyclic) bond motifs is 9. The summed E-state index contributed by atoms with van der Waals surface area (Å²) in [5, 5.41) is 6.64. The van der Waals surface area contributed by atoms with Crippen LogP contribution in [0.5, 0.6) is 0 Å². The van der Waals surface area contributed by atoms with Gasteiger partial charge in [0.15, 0.2) is 7.14 Å². The number of para-hydroxylation sites is 1. The summed E-state index contributed by atoms with van der Waals surface area (Å²) in [5.41, 5.74) is 4.60. The van der Waals surface area contributed by atoms with Crippen LogP contribution >= 0.6 is 7.14 Å². The predicted molar refractivity (Wildman–Crippen MR) is 160 cm³/mol. The number of hydrogen-bond acceptors (Lipinski definition) is 4. The number of aromatic nitrogens is 4. The summed E-state index contributed by atoms with van der Waals surface area (Å²) in [5.74, 6) is 0. The van der Waals surface area contributed by atoms with Crippen LogP contribution < -0.4 is 15.9 Å².